The van der Waals surface area contributed by atoms with Crippen LogP contribution in [0.25, 0.3) is 0 Å². The van der Waals surface area contributed by atoms with E-state index in [4.69, 9.17) is 9.47 Å². The molecule has 2 nitrogen and oxygen atoms in total. The van der Waals surface area contributed by atoms with Gasteiger partial charge in [0, 0.05) is 23.1 Å². The van der Waals surface area contributed by atoms with Gasteiger partial charge in [0.05, 0.1) is 24.8 Å². The molecule has 0 bridgehead atoms. The van der Waals surface area contributed by atoms with Crippen LogP contribution < -0.4 is 9.47 Å². The minimum absolute atomic E-state index is 0. The Morgan fingerprint density at radius 2 is 0.677 bits per heavy atom. The fraction of sp³-hybridized carbons (Fsp3) is 0.552. The van der Waals surface area contributed by atoms with E-state index in [1.807, 2.05) is 72.8 Å². The maximum atomic E-state index is 13.3. The summed E-state index contributed by atoms with van der Waals surface area (Å²) < 4.78 is 62.8. The van der Waals surface area contributed by atoms with Gasteiger partial charge < -0.3 is 9.47 Å². The molecule has 0 aliphatic heterocycles. The van der Waals surface area contributed by atoms with E-state index in [2.05, 4.69) is 38.2 Å². The molecule has 7 heteroatoms. The van der Waals surface area contributed by atoms with Crippen molar-refractivity contribution in [2.45, 2.75) is 194 Å². The van der Waals surface area contributed by atoms with E-state index in [0.717, 1.165) is 25.7 Å². The van der Waals surface area contributed by atoms with Crippen molar-refractivity contribution in [3.8, 4) is 11.5 Å². The third-order valence-electron chi connectivity index (χ3n) is 10.6. The summed E-state index contributed by atoms with van der Waals surface area (Å²) in [6, 6.07) is 28.9. The molecular formula is C58H84F4O2Ti. The molecule has 0 amide bonds. The summed E-state index contributed by atoms with van der Waals surface area (Å²) in [6.07, 6.45) is 44.5. The molecule has 0 aromatic heterocycles. The maximum Gasteiger partial charge on any atom is 4.00 e. The molecule has 0 N–H and O–H groups in total. The van der Waals surface area contributed by atoms with Gasteiger partial charge in [-0.3, -0.25) is 0 Å². The van der Waals surface area contributed by atoms with E-state index < -0.39 is 23.3 Å². The van der Waals surface area contributed by atoms with Gasteiger partial charge in [-0.05, 0) is 64.2 Å². The Kier molecular flexibility index (Phi) is 46.1. The van der Waals surface area contributed by atoms with Crippen molar-refractivity contribution >= 4 is 0 Å². The van der Waals surface area contributed by atoms with Crippen molar-refractivity contribution in [2.75, 3.05) is 13.2 Å². The number of hydrogen-bond acceptors (Lipinski definition) is 2. The molecule has 0 saturated heterocycles. The Morgan fingerprint density at radius 1 is 0.400 bits per heavy atom. The summed E-state index contributed by atoms with van der Waals surface area (Å²) in [5.41, 5.74) is 0. The zero-order valence-corrected chi connectivity index (χ0v) is 42.0. The Balaban J connectivity index is 0.00000102. The number of unbranched alkanes of at least 4 members (excludes halogenated alkanes) is 24. The fourth-order valence-corrected chi connectivity index (χ4v) is 6.79. The SMILES string of the molecule is CCCCCCCC/C=C\CCCCCCCCOc1ccc(F)[c-]c1F.CCCCCCCC/C=C\CCCCCCCCOc1ccc(F)[c-]c1F.[Ti+4].c1cc[cH-]c1.c1cc[cH-]c1. The van der Waals surface area contributed by atoms with Gasteiger partial charge in [0.2, 0.25) is 0 Å². The average Bonchev–Trinajstić information content (AvgIpc) is 4.09. The van der Waals surface area contributed by atoms with Crippen LogP contribution in [0.15, 0.2) is 109 Å². The standard InChI is InChI=1S/2C24H37F2O.2C5H5.Ti/c2*1-2-3-4-5-6-7-8-9-10-11-12-13-14-15-16-17-20-27-24-19-18-22(25)21-23(24)26;2*1-2-4-5-3-1;/h2*9-10,18-19H,2-8,11-17,20H2,1H3;2*1-5H;/q4*-1;+4/b2*10-9-;;;. The zero-order valence-electron chi connectivity index (χ0n) is 40.4. The first-order valence-corrected chi connectivity index (χ1v) is 25.1. The van der Waals surface area contributed by atoms with E-state index in [1.165, 1.54) is 178 Å². The Bertz CT molecular complexity index is 1420. The van der Waals surface area contributed by atoms with E-state index in [9.17, 15) is 17.6 Å². The average molecular weight is 937 g/mol. The molecule has 4 rings (SSSR count). The molecule has 0 heterocycles. The molecule has 0 saturated carbocycles. The first-order chi connectivity index (χ1) is 31.5. The van der Waals surface area contributed by atoms with Gasteiger partial charge in [-0.15, -0.1) is 36.4 Å². The summed E-state index contributed by atoms with van der Waals surface area (Å²) in [4.78, 5) is 0. The van der Waals surface area contributed by atoms with Crippen LogP contribution >= 0.6 is 0 Å². The fourth-order valence-electron chi connectivity index (χ4n) is 6.79. The van der Waals surface area contributed by atoms with E-state index >= 15 is 0 Å². The summed E-state index contributed by atoms with van der Waals surface area (Å²) >= 11 is 0. The second-order valence-corrected chi connectivity index (χ2v) is 16.5. The zero-order chi connectivity index (χ0) is 46.2. The van der Waals surface area contributed by atoms with Crippen molar-refractivity contribution < 1.29 is 48.8 Å². The number of allylic oxidation sites excluding steroid dienone is 4. The normalized spacial score (nSPS) is 10.7. The van der Waals surface area contributed by atoms with Crippen molar-refractivity contribution in [2.24, 2.45) is 0 Å². The van der Waals surface area contributed by atoms with Gasteiger partial charge >= 0.3 is 21.7 Å². The van der Waals surface area contributed by atoms with Crippen LogP contribution in [0.2, 0.25) is 0 Å². The molecular weight excluding hydrogens is 852 g/mol. The minimum Gasteiger partial charge on any atom is -0.548 e. The molecule has 0 aliphatic carbocycles. The second kappa shape index (κ2) is 48.6. The number of benzene rings is 2. The molecule has 360 valence electrons. The van der Waals surface area contributed by atoms with Gasteiger partial charge in [0.1, 0.15) is 0 Å². The summed E-state index contributed by atoms with van der Waals surface area (Å²) in [7, 11) is 0. The molecule has 0 atom stereocenters. The molecule has 0 aliphatic rings. The molecule has 0 spiro atoms. The van der Waals surface area contributed by atoms with Gasteiger partial charge in [-0.1, -0.05) is 154 Å². The molecule has 4 aromatic carbocycles. The van der Waals surface area contributed by atoms with Crippen LogP contribution in [-0.2, 0) is 21.7 Å². The molecule has 65 heavy (non-hydrogen) atoms. The molecule has 0 radical (unpaired) electrons. The molecule has 0 fully saturated rings. The van der Waals surface area contributed by atoms with Gasteiger partial charge in [0.25, 0.3) is 0 Å². The van der Waals surface area contributed by atoms with Crippen molar-refractivity contribution in [1.29, 1.82) is 0 Å². The van der Waals surface area contributed by atoms with E-state index in [1.54, 1.807) is 0 Å². The van der Waals surface area contributed by atoms with Crippen LogP contribution in [0.5, 0.6) is 11.5 Å². The Hall–Kier alpha value is -3.35. The van der Waals surface area contributed by atoms with Crippen molar-refractivity contribution in [1.82, 2.24) is 0 Å². The number of hydrogen-bond donors (Lipinski definition) is 0. The Labute approximate surface area is 409 Å². The predicted molar refractivity (Wildman–Crippen MR) is 264 cm³/mol. The third-order valence-corrected chi connectivity index (χ3v) is 10.6. The Morgan fingerprint density at radius 3 is 0.938 bits per heavy atom. The number of halogens is 4. The van der Waals surface area contributed by atoms with Gasteiger partial charge in [-0.2, -0.15) is 36.4 Å². The summed E-state index contributed by atoms with van der Waals surface area (Å²) in [6.45, 7) is 5.46. The van der Waals surface area contributed by atoms with Crippen molar-refractivity contribution in [3.63, 3.8) is 0 Å². The summed E-state index contributed by atoms with van der Waals surface area (Å²) in [5.74, 6) is -2.72. The van der Waals surface area contributed by atoms with Gasteiger partial charge in [0.15, 0.2) is 0 Å². The van der Waals surface area contributed by atoms with Crippen LogP contribution in [0.1, 0.15) is 194 Å². The first-order valence-electron chi connectivity index (χ1n) is 25.1. The smallest absolute Gasteiger partial charge is 0.548 e. The van der Waals surface area contributed by atoms with E-state index in [0.29, 0.717) is 13.2 Å². The van der Waals surface area contributed by atoms with E-state index in [-0.39, 0.29) is 33.2 Å². The molecule has 0 unspecified atom stereocenters. The maximum absolute atomic E-state index is 13.3. The minimum atomic E-state index is -0.750. The number of rotatable bonds is 34. The molecule has 4 aromatic rings. The van der Waals surface area contributed by atoms with Crippen LogP contribution in [-0.4, -0.2) is 13.2 Å². The van der Waals surface area contributed by atoms with Gasteiger partial charge in [-0.25, -0.2) is 41.8 Å². The topological polar surface area (TPSA) is 18.5 Å². The predicted octanol–water partition coefficient (Wildman–Crippen LogP) is 19.2. The number of ether oxygens (including phenoxy) is 2. The largest absolute Gasteiger partial charge is 4.00 e. The monoisotopic (exact) mass is 937 g/mol. The van der Waals surface area contributed by atoms with Crippen LogP contribution in [0.4, 0.5) is 17.6 Å². The van der Waals surface area contributed by atoms with Crippen molar-refractivity contribution in [3.05, 3.63) is 145 Å². The van der Waals surface area contributed by atoms with Crippen LogP contribution in [0.3, 0.4) is 0 Å². The quantitative estimate of drug-likeness (QED) is 0.0153. The first kappa shape index (κ1) is 61.7. The van der Waals surface area contributed by atoms with Crippen LogP contribution in [0, 0.1) is 35.4 Å². The summed E-state index contributed by atoms with van der Waals surface area (Å²) in [5, 5.41) is 0. The third kappa shape index (κ3) is 41.8. The second-order valence-electron chi connectivity index (χ2n) is 16.5.